The van der Waals surface area contributed by atoms with E-state index in [0.717, 1.165) is 11.1 Å². The Morgan fingerprint density at radius 3 is 2.32 bits per heavy atom. The summed E-state index contributed by atoms with van der Waals surface area (Å²) >= 11 is 0. The molecule has 1 rings (SSSR count). The summed E-state index contributed by atoms with van der Waals surface area (Å²) in [7, 11) is 3.18. The van der Waals surface area contributed by atoms with Crippen LogP contribution >= 0.6 is 0 Å². The van der Waals surface area contributed by atoms with Gasteiger partial charge in [-0.25, -0.2) is 4.99 Å². The highest BCUT2D eigenvalue weighted by molar-refractivity contribution is 5.78. The van der Waals surface area contributed by atoms with Crippen LogP contribution in [-0.4, -0.2) is 33.3 Å². The molecule has 6 heteroatoms. The molecule has 0 aliphatic carbocycles. The quantitative estimate of drug-likeness (QED) is 0.437. The second-order valence-electron chi connectivity index (χ2n) is 4.77. The number of nitrogens with zero attached hydrogens (tertiary/aromatic N) is 1. The van der Waals surface area contributed by atoms with Gasteiger partial charge in [-0.3, -0.25) is 0 Å². The summed E-state index contributed by atoms with van der Waals surface area (Å²) in [5, 5.41) is 2.98. The summed E-state index contributed by atoms with van der Waals surface area (Å²) < 4.78 is 16.3. The summed E-state index contributed by atoms with van der Waals surface area (Å²) in [6, 6.07) is 3.73. The zero-order valence-electron chi connectivity index (χ0n) is 13.7. The van der Waals surface area contributed by atoms with Crippen LogP contribution in [0.25, 0.3) is 0 Å². The number of nitrogens with one attached hydrogen (secondary N) is 1. The van der Waals surface area contributed by atoms with E-state index in [2.05, 4.69) is 16.9 Å². The van der Waals surface area contributed by atoms with Crippen molar-refractivity contribution in [3.05, 3.63) is 29.8 Å². The van der Waals surface area contributed by atoms with Gasteiger partial charge in [0.2, 0.25) is 5.75 Å². The second-order valence-corrected chi connectivity index (χ2v) is 4.77. The number of rotatable bonds is 8. The summed E-state index contributed by atoms with van der Waals surface area (Å²) in [5.74, 6) is 2.18. The molecule has 3 N–H and O–H groups in total. The molecule has 0 saturated carbocycles. The highest BCUT2D eigenvalue weighted by atomic mass is 16.5. The van der Waals surface area contributed by atoms with Crippen molar-refractivity contribution < 1.29 is 14.2 Å². The van der Waals surface area contributed by atoms with Crippen LogP contribution < -0.4 is 25.3 Å². The Hall–Kier alpha value is -2.37. The molecular formula is C16H25N3O3. The maximum Gasteiger partial charge on any atom is 0.203 e. The highest BCUT2D eigenvalue weighted by Crippen LogP contribution is 2.38. The summed E-state index contributed by atoms with van der Waals surface area (Å²) in [6.45, 7) is 9.17. The van der Waals surface area contributed by atoms with Gasteiger partial charge in [-0.1, -0.05) is 12.2 Å². The van der Waals surface area contributed by atoms with E-state index < -0.39 is 0 Å². The Bertz CT molecular complexity index is 516. The van der Waals surface area contributed by atoms with Gasteiger partial charge in [0.1, 0.15) is 0 Å². The smallest absolute Gasteiger partial charge is 0.203 e. The first-order valence-corrected chi connectivity index (χ1v) is 7.07. The lowest BCUT2D eigenvalue weighted by Crippen LogP contribution is -2.32. The molecule has 0 saturated heterocycles. The zero-order chi connectivity index (χ0) is 16.5. The van der Waals surface area contributed by atoms with Crippen LogP contribution in [0, 0.1) is 0 Å². The Morgan fingerprint density at radius 2 is 1.86 bits per heavy atom. The lowest BCUT2D eigenvalue weighted by atomic mass is 10.2. The molecule has 1 aromatic carbocycles. The largest absolute Gasteiger partial charge is 0.493 e. The van der Waals surface area contributed by atoms with E-state index in [9.17, 15) is 0 Å². The zero-order valence-corrected chi connectivity index (χ0v) is 13.7. The van der Waals surface area contributed by atoms with Crippen LogP contribution in [0.15, 0.2) is 29.3 Å². The number of nitrogens with two attached hydrogens (primary N) is 1. The Kier molecular flexibility index (Phi) is 7.08. The normalized spacial score (nSPS) is 11.0. The van der Waals surface area contributed by atoms with Gasteiger partial charge in [-0.15, -0.1) is 0 Å². The minimum Gasteiger partial charge on any atom is -0.493 e. The van der Waals surface area contributed by atoms with Crippen molar-refractivity contribution in [3.63, 3.8) is 0 Å². The highest BCUT2D eigenvalue weighted by Gasteiger charge is 2.13. The van der Waals surface area contributed by atoms with Gasteiger partial charge in [-0.2, -0.15) is 0 Å². The van der Waals surface area contributed by atoms with Crippen molar-refractivity contribution in [2.75, 3.05) is 27.4 Å². The fourth-order valence-corrected chi connectivity index (χ4v) is 1.79. The van der Waals surface area contributed by atoms with E-state index in [0.29, 0.717) is 42.9 Å². The molecule has 0 amide bonds. The van der Waals surface area contributed by atoms with Crippen molar-refractivity contribution >= 4 is 5.96 Å². The molecule has 0 unspecified atom stereocenters. The van der Waals surface area contributed by atoms with Crippen molar-refractivity contribution in [2.24, 2.45) is 10.7 Å². The molecule has 0 aliphatic rings. The van der Waals surface area contributed by atoms with Gasteiger partial charge in [0, 0.05) is 6.54 Å². The molecule has 1 aromatic rings. The first kappa shape index (κ1) is 17.7. The van der Waals surface area contributed by atoms with E-state index in [-0.39, 0.29) is 0 Å². The predicted molar refractivity (Wildman–Crippen MR) is 88.9 cm³/mol. The van der Waals surface area contributed by atoms with E-state index in [4.69, 9.17) is 19.9 Å². The average Bonchev–Trinajstić information content (AvgIpc) is 2.51. The van der Waals surface area contributed by atoms with Crippen LogP contribution in [0.5, 0.6) is 17.2 Å². The maximum absolute atomic E-state index is 5.80. The molecule has 0 radical (unpaired) electrons. The molecule has 0 fully saturated rings. The monoisotopic (exact) mass is 307 g/mol. The number of benzene rings is 1. The van der Waals surface area contributed by atoms with Gasteiger partial charge in [-0.05, 0) is 31.5 Å². The fourth-order valence-electron chi connectivity index (χ4n) is 1.79. The third-order valence-electron chi connectivity index (χ3n) is 2.81. The molecule has 0 heterocycles. The van der Waals surface area contributed by atoms with Gasteiger partial charge < -0.3 is 25.3 Å². The summed E-state index contributed by atoms with van der Waals surface area (Å²) in [6.07, 6.45) is 0. The average molecular weight is 307 g/mol. The van der Waals surface area contributed by atoms with Crippen molar-refractivity contribution in [2.45, 2.75) is 20.4 Å². The first-order chi connectivity index (χ1) is 10.5. The van der Waals surface area contributed by atoms with E-state index >= 15 is 0 Å². The maximum atomic E-state index is 5.80. The molecule has 0 spiro atoms. The summed E-state index contributed by atoms with van der Waals surface area (Å²) in [4.78, 5) is 4.28. The van der Waals surface area contributed by atoms with Gasteiger partial charge >= 0.3 is 0 Å². The van der Waals surface area contributed by atoms with Gasteiger partial charge in [0.15, 0.2) is 17.5 Å². The van der Waals surface area contributed by atoms with Crippen LogP contribution in [0.3, 0.4) is 0 Å². The first-order valence-electron chi connectivity index (χ1n) is 7.07. The molecule has 6 nitrogen and oxygen atoms in total. The van der Waals surface area contributed by atoms with Crippen LogP contribution in [0.1, 0.15) is 19.4 Å². The summed E-state index contributed by atoms with van der Waals surface area (Å²) in [5.41, 5.74) is 7.70. The van der Waals surface area contributed by atoms with Crippen LogP contribution in [0.2, 0.25) is 0 Å². The topological polar surface area (TPSA) is 78.1 Å². The third kappa shape index (κ3) is 5.20. The van der Waals surface area contributed by atoms with E-state index in [1.807, 2.05) is 26.0 Å². The Balaban J connectivity index is 2.91. The number of hydrogen-bond donors (Lipinski definition) is 2. The van der Waals surface area contributed by atoms with Crippen LogP contribution in [-0.2, 0) is 6.54 Å². The molecule has 0 aromatic heterocycles. The minimum absolute atomic E-state index is 0.370. The number of methoxy groups -OCH3 is 2. The molecular weight excluding hydrogens is 282 g/mol. The molecule has 0 atom stereocenters. The minimum atomic E-state index is 0.370. The molecule has 122 valence electrons. The second kappa shape index (κ2) is 8.81. The molecule has 0 aliphatic heterocycles. The van der Waals surface area contributed by atoms with Gasteiger partial charge in [0.05, 0.1) is 27.4 Å². The number of guanidine groups is 1. The fraction of sp³-hybridized carbons (Fsp3) is 0.438. The molecule has 22 heavy (non-hydrogen) atoms. The molecule has 0 bridgehead atoms. The van der Waals surface area contributed by atoms with E-state index in [1.54, 1.807) is 14.2 Å². The number of hydrogen-bond acceptors (Lipinski definition) is 4. The Labute approximate surface area is 132 Å². The van der Waals surface area contributed by atoms with Crippen LogP contribution in [0.4, 0.5) is 0 Å². The van der Waals surface area contributed by atoms with E-state index in [1.165, 1.54) is 0 Å². The van der Waals surface area contributed by atoms with Crippen molar-refractivity contribution in [1.82, 2.24) is 5.32 Å². The SMILES string of the molecule is C=C(C)CNC(N)=NCc1cc(OC)c(OCC)c(OC)c1. The lowest BCUT2D eigenvalue weighted by Gasteiger charge is -2.15. The number of aliphatic imine (C=N–C) groups is 1. The predicted octanol–water partition coefficient (Wildman–Crippen LogP) is 2.08. The standard InChI is InChI=1S/C16H25N3O3/c1-6-22-15-13(20-4)7-12(8-14(15)21-5)10-19-16(17)18-9-11(2)3/h7-8H,2,6,9-10H2,1,3-5H3,(H3,17,18,19). The lowest BCUT2D eigenvalue weighted by molar-refractivity contribution is 0.288. The van der Waals surface area contributed by atoms with Crippen molar-refractivity contribution in [3.8, 4) is 17.2 Å². The Morgan fingerprint density at radius 1 is 1.27 bits per heavy atom. The number of ether oxygens (including phenoxy) is 3. The van der Waals surface area contributed by atoms with Gasteiger partial charge in [0.25, 0.3) is 0 Å². The van der Waals surface area contributed by atoms with Crippen molar-refractivity contribution in [1.29, 1.82) is 0 Å². The third-order valence-corrected chi connectivity index (χ3v) is 2.81.